The van der Waals surface area contributed by atoms with Crippen molar-refractivity contribution in [2.75, 3.05) is 11.9 Å². The molecule has 0 radical (unpaired) electrons. The van der Waals surface area contributed by atoms with Crippen LogP contribution in [0.5, 0.6) is 0 Å². The van der Waals surface area contributed by atoms with Crippen molar-refractivity contribution in [2.24, 2.45) is 5.41 Å². The lowest BCUT2D eigenvalue weighted by Gasteiger charge is -2.26. The van der Waals surface area contributed by atoms with Crippen LogP contribution in [-0.4, -0.2) is 30.4 Å². The van der Waals surface area contributed by atoms with E-state index in [0.29, 0.717) is 18.5 Å². The van der Waals surface area contributed by atoms with Crippen molar-refractivity contribution >= 4 is 39.4 Å². The number of rotatable bonds is 7. The van der Waals surface area contributed by atoms with Gasteiger partial charge in [-0.1, -0.05) is 28.8 Å². The second-order valence-corrected chi connectivity index (χ2v) is 8.33. The quantitative estimate of drug-likeness (QED) is 0.635. The van der Waals surface area contributed by atoms with Gasteiger partial charge < -0.3 is 15.4 Å². The largest absolute Gasteiger partial charge is 0.455 e. The molecule has 27 heavy (non-hydrogen) atoms. The van der Waals surface area contributed by atoms with Gasteiger partial charge in [0, 0.05) is 22.6 Å². The molecule has 1 saturated carbocycles. The number of hydrogen-bond donors (Lipinski definition) is 2. The Hall–Kier alpha value is -1.89. The summed E-state index contributed by atoms with van der Waals surface area (Å²) in [6.07, 6.45) is 3.11. The number of carbonyl (C=O) groups excluding carboxylic acids is 3. The van der Waals surface area contributed by atoms with Crippen LogP contribution in [0.4, 0.5) is 5.69 Å². The molecule has 2 amide bonds. The first-order valence-corrected chi connectivity index (χ1v) is 10.0. The predicted molar refractivity (Wildman–Crippen MR) is 107 cm³/mol. The monoisotopic (exact) mass is 438 g/mol. The molecule has 1 aromatic rings. The number of esters is 1. The molecule has 0 bridgehead atoms. The van der Waals surface area contributed by atoms with E-state index in [1.54, 1.807) is 6.07 Å². The van der Waals surface area contributed by atoms with Gasteiger partial charge in [0.25, 0.3) is 5.91 Å². The molecule has 0 aromatic heterocycles. The molecule has 1 fully saturated rings. The Bertz CT molecular complexity index is 712. The van der Waals surface area contributed by atoms with Crippen molar-refractivity contribution in [1.82, 2.24) is 5.32 Å². The molecule has 0 aliphatic heterocycles. The van der Waals surface area contributed by atoms with E-state index in [2.05, 4.69) is 26.6 Å². The van der Waals surface area contributed by atoms with Crippen LogP contribution in [0.1, 0.15) is 51.5 Å². The van der Waals surface area contributed by atoms with Gasteiger partial charge in [0.2, 0.25) is 5.91 Å². The fourth-order valence-electron chi connectivity index (χ4n) is 3.39. The number of carbonyl (C=O) groups is 3. The summed E-state index contributed by atoms with van der Waals surface area (Å²) in [7, 11) is 0. The normalized spacial score (nSPS) is 15.4. The molecule has 2 rings (SSSR count). The van der Waals surface area contributed by atoms with Gasteiger partial charge in [-0.3, -0.25) is 14.4 Å². The second-order valence-electron chi connectivity index (χ2n) is 7.47. The Balaban J connectivity index is 1.92. The van der Waals surface area contributed by atoms with Crippen LogP contribution in [0, 0.1) is 12.3 Å². The van der Waals surface area contributed by atoms with Gasteiger partial charge in [-0.05, 0) is 57.4 Å². The minimum atomic E-state index is -0.812. The third-order valence-corrected chi connectivity index (χ3v) is 5.61. The van der Waals surface area contributed by atoms with Crippen molar-refractivity contribution in [3.05, 3.63) is 28.2 Å². The summed E-state index contributed by atoms with van der Waals surface area (Å²) in [5.74, 6) is -1.01. The predicted octanol–water partition coefficient (Wildman–Crippen LogP) is 3.71. The van der Waals surface area contributed by atoms with E-state index in [1.807, 2.05) is 32.9 Å². The minimum Gasteiger partial charge on any atom is -0.455 e. The summed E-state index contributed by atoms with van der Waals surface area (Å²) in [6, 6.07) is 5.47. The molecule has 0 spiro atoms. The highest BCUT2D eigenvalue weighted by Gasteiger charge is 2.44. The molecule has 1 aliphatic carbocycles. The van der Waals surface area contributed by atoms with Crippen LogP contribution < -0.4 is 10.6 Å². The number of ether oxygens (including phenoxy) is 1. The zero-order chi connectivity index (χ0) is 20.0. The number of nitrogens with one attached hydrogen (secondary N) is 2. The topological polar surface area (TPSA) is 84.5 Å². The number of benzene rings is 1. The second kappa shape index (κ2) is 9.35. The fraction of sp³-hybridized carbons (Fsp3) is 0.550. The van der Waals surface area contributed by atoms with Crippen LogP contribution in [0.3, 0.4) is 0 Å². The van der Waals surface area contributed by atoms with Crippen LogP contribution in [0.25, 0.3) is 0 Å². The minimum absolute atomic E-state index is 0.0205. The fourth-order valence-corrected chi connectivity index (χ4v) is 3.64. The average Bonchev–Trinajstić information content (AvgIpc) is 3.05. The molecular weight excluding hydrogens is 412 g/mol. The Morgan fingerprint density at radius 2 is 1.85 bits per heavy atom. The standard InChI is InChI=1S/C20H27BrN2O4/c1-13(2)22-17(24)11-20(8-4-5-9-20)19(26)27-12-18(25)23-15-6-7-16(21)14(3)10-15/h6-7,10,13H,4-5,8-9,11-12H2,1-3H3,(H,22,24)(H,23,25). The average molecular weight is 439 g/mol. The van der Waals surface area contributed by atoms with E-state index in [0.717, 1.165) is 22.9 Å². The van der Waals surface area contributed by atoms with Crippen LogP contribution in [0.15, 0.2) is 22.7 Å². The van der Waals surface area contributed by atoms with Gasteiger partial charge in [-0.25, -0.2) is 0 Å². The maximum atomic E-state index is 12.7. The molecule has 0 atom stereocenters. The van der Waals surface area contributed by atoms with E-state index in [-0.39, 0.29) is 25.0 Å². The summed E-state index contributed by atoms with van der Waals surface area (Å²) >= 11 is 3.41. The lowest BCUT2D eigenvalue weighted by molar-refractivity contribution is -0.160. The summed E-state index contributed by atoms with van der Waals surface area (Å²) in [4.78, 5) is 36.9. The highest BCUT2D eigenvalue weighted by molar-refractivity contribution is 9.10. The SMILES string of the molecule is Cc1cc(NC(=O)COC(=O)C2(CC(=O)NC(C)C)CCCC2)ccc1Br. The van der Waals surface area contributed by atoms with Gasteiger partial charge in [0.1, 0.15) is 0 Å². The van der Waals surface area contributed by atoms with E-state index in [1.165, 1.54) is 0 Å². The van der Waals surface area contributed by atoms with Crippen LogP contribution in [0.2, 0.25) is 0 Å². The smallest absolute Gasteiger partial charge is 0.313 e. The number of aryl methyl sites for hydroxylation is 1. The van der Waals surface area contributed by atoms with Crippen molar-refractivity contribution < 1.29 is 19.1 Å². The first-order valence-electron chi connectivity index (χ1n) is 9.24. The molecule has 0 saturated heterocycles. The van der Waals surface area contributed by atoms with Gasteiger partial charge in [0.05, 0.1) is 5.41 Å². The van der Waals surface area contributed by atoms with E-state index in [9.17, 15) is 14.4 Å². The molecule has 1 aliphatic rings. The lowest BCUT2D eigenvalue weighted by atomic mass is 9.82. The Labute approximate surface area is 168 Å². The maximum Gasteiger partial charge on any atom is 0.313 e. The van der Waals surface area contributed by atoms with Gasteiger partial charge in [-0.2, -0.15) is 0 Å². The Morgan fingerprint density at radius 3 is 2.44 bits per heavy atom. The van der Waals surface area contributed by atoms with E-state index >= 15 is 0 Å². The van der Waals surface area contributed by atoms with Crippen molar-refractivity contribution in [2.45, 2.75) is 58.9 Å². The zero-order valence-electron chi connectivity index (χ0n) is 16.1. The molecular formula is C20H27BrN2O4. The van der Waals surface area contributed by atoms with Gasteiger partial charge >= 0.3 is 5.97 Å². The van der Waals surface area contributed by atoms with Gasteiger partial charge in [-0.15, -0.1) is 0 Å². The first kappa shape index (κ1) is 21.4. The number of hydrogen-bond acceptors (Lipinski definition) is 4. The molecule has 148 valence electrons. The lowest BCUT2D eigenvalue weighted by Crippen LogP contribution is -2.39. The third-order valence-electron chi connectivity index (χ3n) is 4.72. The van der Waals surface area contributed by atoms with Crippen LogP contribution in [-0.2, 0) is 19.1 Å². The maximum absolute atomic E-state index is 12.7. The highest BCUT2D eigenvalue weighted by Crippen LogP contribution is 2.42. The summed E-state index contributed by atoms with van der Waals surface area (Å²) in [5, 5.41) is 5.55. The summed E-state index contributed by atoms with van der Waals surface area (Å²) in [5.41, 5.74) is 0.822. The van der Waals surface area contributed by atoms with Gasteiger partial charge in [0.15, 0.2) is 6.61 Å². The molecule has 6 nitrogen and oxygen atoms in total. The van der Waals surface area contributed by atoms with Crippen molar-refractivity contribution in [1.29, 1.82) is 0 Å². The number of halogens is 1. The number of anilines is 1. The van der Waals surface area contributed by atoms with Crippen LogP contribution >= 0.6 is 15.9 Å². The van der Waals surface area contributed by atoms with E-state index < -0.39 is 17.3 Å². The molecule has 7 heteroatoms. The first-order chi connectivity index (χ1) is 12.7. The Morgan fingerprint density at radius 1 is 1.19 bits per heavy atom. The van der Waals surface area contributed by atoms with Crippen molar-refractivity contribution in [3.63, 3.8) is 0 Å². The molecule has 1 aromatic carbocycles. The Kier molecular flexibility index (Phi) is 7.41. The zero-order valence-corrected chi connectivity index (χ0v) is 17.6. The summed E-state index contributed by atoms with van der Waals surface area (Å²) < 4.78 is 6.24. The summed E-state index contributed by atoms with van der Waals surface area (Å²) in [6.45, 7) is 5.32. The number of amides is 2. The highest BCUT2D eigenvalue weighted by atomic mass is 79.9. The van der Waals surface area contributed by atoms with Crippen molar-refractivity contribution in [3.8, 4) is 0 Å². The molecule has 0 unspecified atom stereocenters. The molecule has 0 heterocycles. The van der Waals surface area contributed by atoms with E-state index in [4.69, 9.17) is 4.74 Å². The third kappa shape index (κ3) is 6.06. The molecule has 2 N–H and O–H groups in total.